The largest absolute Gasteiger partial charge is 0.338 e. The van der Waals surface area contributed by atoms with Crippen LogP contribution in [0.1, 0.15) is 6.42 Å². The molecular weight excluding hydrogens is 320 g/mol. The smallest absolute Gasteiger partial charge is 0.319 e. The Labute approximate surface area is 133 Å². The molecule has 9 nitrogen and oxygen atoms in total. The summed E-state index contributed by atoms with van der Waals surface area (Å²) in [4.78, 5) is 19.8. The predicted octanol–water partition coefficient (Wildman–Crippen LogP) is 0.218. The van der Waals surface area contributed by atoms with Crippen molar-refractivity contribution in [3.05, 3.63) is 31.0 Å². The molecule has 0 aliphatic carbocycles. The van der Waals surface area contributed by atoms with E-state index in [0.717, 1.165) is 0 Å². The number of sulfone groups is 1. The first kappa shape index (κ1) is 15.4. The molecule has 0 saturated carbocycles. The zero-order valence-corrected chi connectivity index (χ0v) is 13.0. The van der Waals surface area contributed by atoms with E-state index in [1.807, 2.05) is 0 Å². The van der Waals surface area contributed by atoms with Crippen LogP contribution >= 0.6 is 0 Å². The van der Waals surface area contributed by atoms with E-state index in [-0.39, 0.29) is 23.5 Å². The molecule has 1 atom stereocenters. The number of urea groups is 1. The number of hydrogen-bond acceptors (Lipinski definition) is 6. The Bertz CT molecular complexity index is 773. The van der Waals surface area contributed by atoms with Crippen molar-refractivity contribution in [2.45, 2.75) is 6.42 Å². The average Bonchev–Trinajstić information content (AvgIpc) is 3.15. The van der Waals surface area contributed by atoms with Gasteiger partial charge in [0.25, 0.3) is 0 Å². The monoisotopic (exact) mass is 336 g/mol. The first-order valence-electron chi connectivity index (χ1n) is 7.08. The summed E-state index contributed by atoms with van der Waals surface area (Å²) in [5, 5.41) is 9.29. The highest BCUT2D eigenvalue weighted by molar-refractivity contribution is 7.91. The molecule has 0 spiro atoms. The molecule has 2 aromatic rings. The molecule has 1 fully saturated rings. The summed E-state index contributed by atoms with van der Waals surface area (Å²) in [7, 11) is -2.92. The molecule has 10 heteroatoms. The van der Waals surface area contributed by atoms with Gasteiger partial charge >= 0.3 is 6.03 Å². The molecule has 2 amide bonds. The van der Waals surface area contributed by atoms with Crippen LogP contribution in [0.2, 0.25) is 0 Å². The van der Waals surface area contributed by atoms with E-state index in [1.54, 1.807) is 12.1 Å². The van der Waals surface area contributed by atoms with Crippen molar-refractivity contribution in [1.29, 1.82) is 0 Å². The fourth-order valence-corrected chi connectivity index (χ4v) is 4.23. The van der Waals surface area contributed by atoms with E-state index < -0.39 is 9.84 Å². The summed E-state index contributed by atoms with van der Waals surface area (Å²) in [5.41, 5.74) is 0.533. The molecule has 23 heavy (non-hydrogen) atoms. The third-order valence-electron chi connectivity index (χ3n) is 3.54. The minimum Gasteiger partial charge on any atom is -0.338 e. The van der Waals surface area contributed by atoms with Gasteiger partial charge in [0.15, 0.2) is 15.7 Å². The van der Waals surface area contributed by atoms with Crippen molar-refractivity contribution in [2.24, 2.45) is 5.92 Å². The number of amides is 2. The maximum Gasteiger partial charge on any atom is 0.319 e. The van der Waals surface area contributed by atoms with Crippen LogP contribution in [0.25, 0.3) is 5.82 Å². The molecule has 3 heterocycles. The highest BCUT2D eigenvalue weighted by atomic mass is 32.2. The van der Waals surface area contributed by atoms with Gasteiger partial charge < -0.3 is 10.6 Å². The zero-order valence-electron chi connectivity index (χ0n) is 12.2. The van der Waals surface area contributed by atoms with Crippen molar-refractivity contribution in [2.75, 3.05) is 23.4 Å². The summed E-state index contributed by atoms with van der Waals surface area (Å²) in [6, 6.07) is 3.02. The Hall–Kier alpha value is -2.49. The fraction of sp³-hybridized carbons (Fsp3) is 0.385. The quantitative estimate of drug-likeness (QED) is 0.824. The van der Waals surface area contributed by atoms with Crippen LogP contribution in [0.3, 0.4) is 0 Å². The molecule has 1 unspecified atom stereocenters. The van der Waals surface area contributed by atoms with Crippen LogP contribution in [-0.2, 0) is 9.84 Å². The number of hydrogen-bond donors (Lipinski definition) is 2. The Morgan fingerprint density at radius 3 is 2.87 bits per heavy atom. The number of carbonyl (C=O) groups is 1. The molecular formula is C13H16N6O3S. The molecule has 0 aromatic carbocycles. The lowest BCUT2D eigenvalue weighted by molar-refractivity contribution is 0.250. The summed E-state index contributed by atoms with van der Waals surface area (Å²) in [6.07, 6.45) is 5.04. The standard InChI is InChI=1S/C13H16N6O3S/c20-13(16-5-10-3-4-23(21,22)7-10)18-11-1-2-12(15-6-11)19-9-14-8-17-19/h1-2,6,8-10H,3-5,7H2,(H2,16,18,20). The van der Waals surface area contributed by atoms with Gasteiger partial charge in [0.2, 0.25) is 0 Å². The van der Waals surface area contributed by atoms with Gasteiger partial charge in [0.05, 0.1) is 23.4 Å². The third kappa shape index (κ3) is 4.03. The molecule has 0 bridgehead atoms. The molecule has 0 radical (unpaired) electrons. The maximum atomic E-state index is 11.8. The number of anilines is 1. The maximum absolute atomic E-state index is 11.8. The Morgan fingerprint density at radius 2 is 2.26 bits per heavy atom. The fourth-order valence-electron chi connectivity index (χ4n) is 2.37. The van der Waals surface area contributed by atoms with E-state index in [9.17, 15) is 13.2 Å². The number of aromatic nitrogens is 4. The van der Waals surface area contributed by atoms with Gasteiger partial charge in [-0.05, 0) is 24.5 Å². The van der Waals surface area contributed by atoms with Crippen molar-refractivity contribution in [1.82, 2.24) is 25.1 Å². The molecule has 1 aliphatic rings. The summed E-state index contributed by atoms with van der Waals surface area (Å²) < 4.78 is 24.2. The number of nitrogens with zero attached hydrogens (tertiary/aromatic N) is 4. The van der Waals surface area contributed by atoms with Crippen molar-refractivity contribution < 1.29 is 13.2 Å². The highest BCUT2D eigenvalue weighted by Crippen LogP contribution is 2.17. The van der Waals surface area contributed by atoms with E-state index in [4.69, 9.17) is 0 Å². The zero-order chi connectivity index (χ0) is 16.3. The molecule has 3 rings (SSSR count). The second kappa shape index (κ2) is 6.32. The SMILES string of the molecule is O=C(NCC1CCS(=O)(=O)C1)Nc1ccc(-n2cncn2)nc1. The second-order valence-electron chi connectivity index (χ2n) is 5.35. The average molecular weight is 336 g/mol. The van der Waals surface area contributed by atoms with Crippen LogP contribution in [0.15, 0.2) is 31.0 Å². The third-order valence-corrected chi connectivity index (χ3v) is 5.37. The van der Waals surface area contributed by atoms with Gasteiger partial charge in [-0.1, -0.05) is 0 Å². The Kier molecular flexibility index (Phi) is 4.24. The Morgan fingerprint density at radius 1 is 1.39 bits per heavy atom. The van der Waals surface area contributed by atoms with Gasteiger partial charge in [-0.25, -0.2) is 27.9 Å². The lowest BCUT2D eigenvalue weighted by atomic mass is 10.1. The number of pyridine rings is 1. The summed E-state index contributed by atoms with van der Waals surface area (Å²) in [5.74, 6) is 0.916. The van der Waals surface area contributed by atoms with Crippen molar-refractivity contribution in [3.63, 3.8) is 0 Å². The normalized spacial score (nSPS) is 19.4. The van der Waals surface area contributed by atoms with Crippen molar-refractivity contribution in [3.8, 4) is 5.82 Å². The van der Waals surface area contributed by atoms with E-state index in [2.05, 4.69) is 25.7 Å². The van der Waals surface area contributed by atoms with E-state index >= 15 is 0 Å². The summed E-state index contributed by atoms with van der Waals surface area (Å²) in [6.45, 7) is 0.343. The number of rotatable bonds is 4. The number of carbonyl (C=O) groups excluding carboxylic acids is 1. The molecule has 2 aromatic heterocycles. The molecule has 1 saturated heterocycles. The first-order chi connectivity index (χ1) is 11.0. The molecule has 122 valence electrons. The first-order valence-corrected chi connectivity index (χ1v) is 8.90. The Balaban J connectivity index is 1.50. The molecule has 2 N–H and O–H groups in total. The summed E-state index contributed by atoms with van der Waals surface area (Å²) >= 11 is 0. The highest BCUT2D eigenvalue weighted by Gasteiger charge is 2.27. The van der Waals surface area contributed by atoms with Gasteiger partial charge in [-0.15, -0.1) is 0 Å². The van der Waals surface area contributed by atoms with Gasteiger partial charge in [-0.3, -0.25) is 0 Å². The predicted molar refractivity (Wildman–Crippen MR) is 82.9 cm³/mol. The lowest BCUT2D eigenvalue weighted by Crippen LogP contribution is -2.33. The van der Waals surface area contributed by atoms with Crippen LogP contribution in [0, 0.1) is 5.92 Å². The van der Waals surface area contributed by atoms with Gasteiger partial charge in [0, 0.05) is 6.54 Å². The minimum absolute atomic E-state index is 0.0152. The van der Waals surface area contributed by atoms with Crippen LogP contribution in [0.4, 0.5) is 10.5 Å². The van der Waals surface area contributed by atoms with E-state index in [0.29, 0.717) is 24.5 Å². The lowest BCUT2D eigenvalue weighted by Gasteiger charge is -2.11. The number of nitrogens with one attached hydrogen (secondary N) is 2. The van der Waals surface area contributed by atoms with Crippen LogP contribution in [-0.4, -0.2) is 52.2 Å². The minimum atomic E-state index is -2.92. The van der Waals surface area contributed by atoms with Gasteiger partial charge in [0.1, 0.15) is 12.7 Å². The van der Waals surface area contributed by atoms with Crippen LogP contribution < -0.4 is 10.6 Å². The molecule has 1 aliphatic heterocycles. The van der Waals surface area contributed by atoms with Crippen LogP contribution in [0.5, 0.6) is 0 Å². The van der Waals surface area contributed by atoms with Crippen molar-refractivity contribution >= 4 is 21.6 Å². The second-order valence-corrected chi connectivity index (χ2v) is 7.58. The van der Waals surface area contributed by atoms with Gasteiger partial charge in [-0.2, -0.15) is 5.10 Å². The topological polar surface area (TPSA) is 119 Å². The van der Waals surface area contributed by atoms with E-state index in [1.165, 1.54) is 23.5 Å².